The third-order valence-corrected chi connectivity index (χ3v) is 9.38. The molecule has 0 bridgehead atoms. The SMILES string of the molecule is CCCCCCCCCC[C@H]1CC[C@H]([C@H]2CC[C@H](CCCCCCCCCC)CC2)CC1. The van der Waals surface area contributed by atoms with Crippen LogP contribution in [0.5, 0.6) is 0 Å². The topological polar surface area (TPSA) is 0 Å². The molecular weight excluding hydrogens is 384 g/mol. The number of hydrogen-bond acceptors (Lipinski definition) is 0. The van der Waals surface area contributed by atoms with Crippen LogP contribution in [-0.4, -0.2) is 0 Å². The minimum Gasteiger partial charge on any atom is -0.0654 e. The molecule has 0 heteroatoms. The van der Waals surface area contributed by atoms with Crippen molar-refractivity contribution in [1.29, 1.82) is 0 Å². The maximum Gasteiger partial charge on any atom is -0.0386 e. The van der Waals surface area contributed by atoms with E-state index in [9.17, 15) is 0 Å². The van der Waals surface area contributed by atoms with Crippen molar-refractivity contribution >= 4 is 0 Å². The Hall–Kier alpha value is 0. The van der Waals surface area contributed by atoms with Crippen LogP contribution >= 0.6 is 0 Å². The Kier molecular flexibility index (Phi) is 17.1. The highest BCUT2D eigenvalue weighted by molar-refractivity contribution is 4.82. The Morgan fingerprint density at radius 1 is 0.344 bits per heavy atom. The van der Waals surface area contributed by atoms with E-state index in [2.05, 4.69) is 13.8 Å². The van der Waals surface area contributed by atoms with E-state index in [4.69, 9.17) is 0 Å². The lowest BCUT2D eigenvalue weighted by atomic mass is 9.68. The van der Waals surface area contributed by atoms with Gasteiger partial charge >= 0.3 is 0 Å². The molecule has 0 aliphatic heterocycles. The molecular formula is C32H62. The highest BCUT2D eigenvalue weighted by Gasteiger charge is 2.30. The fourth-order valence-electron chi connectivity index (χ4n) is 7.03. The molecule has 2 aliphatic rings. The molecule has 2 fully saturated rings. The zero-order valence-electron chi connectivity index (χ0n) is 22.7. The van der Waals surface area contributed by atoms with Crippen molar-refractivity contribution < 1.29 is 0 Å². The first-order valence-corrected chi connectivity index (χ1v) is 15.8. The lowest BCUT2D eigenvalue weighted by Crippen LogP contribution is -2.25. The molecule has 0 atom stereocenters. The molecule has 0 aromatic carbocycles. The van der Waals surface area contributed by atoms with Crippen LogP contribution in [0.3, 0.4) is 0 Å². The summed E-state index contributed by atoms with van der Waals surface area (Å²) in [5.74, 6) is 4.39. The van der Waals surface area contributed by atoms with Gasteiger partial charge in [0.05, 0.1) is 0 Å². The standard InChI is InChI=1S/C32H62/c1-3-5-7-9-11-13-15-17-19-29-21-25-31(26-22-29)32-27-23-30(24-28-32)20-18-16-14-12-10-8-6-4-2/h29-32H,3-28H2,1-2H3/t29-,30-,31-,32-. The molecule has 0 radical (unpaired) electrons. The zero-order chi connectivity index (χ0) is 22.7. The van der Waals surface area contributed by atoms with Gasteiger partial charge in [0.15, 0.2) is 0 Å². The summed E-state index contributed by atoms with van der Waals surface area (Å²) in [6, 6.07) is 0. The van der Waals surface area contributed by atoms with Crippen molar-refractivity contribution in [2.75, 3.05) is 0 Å². The molecule has 2 saturated carbocycles. The lowest BCUT2D eigenvalue weighted by molar-refractivity contribution is 0.139. The highest BCUT2D eigenvalue weighted by atomic mass is 14.4. The lowest BCUT2D eigenvalue weighted by Gasteiger charge is -2.38. The Labute approximate surface area is 204 Å². The first-order valence-electron chi connectivity index (χ1n) is 15.8. The molecule has 0 heterocycles. The molecule has 0 saturated heterocycles. The molecule has 0 unspecified atom stereocenters. The van der Waals surface area contributed by atoms with Crippen molar-refractivity contribution in [3.05, 3.63) is 0 Å². The molecule has 2 aliphatic carbocycles. The van der Waals surface area contributed by atoms with Crippen LogP contribution in [0.2, 0.25) is 0 Å². The van der Waals surface area contributed by atoms with E-state index in [-0.39, 0.29) is 0 Å². The summed E-state index contributed by atoms with van der Waals surface area (Å²) in [5.41, 5.74) is 0. The summed E-state index contributed by atoms with van der Waals surface area (Å²) >= 11 is 0. The van der Waals surface area contributed by atoms with Crippen molar-refractivity contribution in [2.24, 2.45) is 23.7 Å². The van der Waals surface area contributed by atoms with E-state index < -0.39 is 0 Å². The molecule has 0 aromatic heterocycles. The Bertz CT molecular complexity index is 345. The molecule has 0 amide bonds. The second-order valence-corrected chi connectivity index (χ2v) is 12.1. The first-order chi connectivity index (χ1) is 15.8. The van der Waals surface area contributed by atoms with Crippen molar-refractivity contribution in [3.8, 4) is 0 Å². The molecule has 190 valence electrons. The second kappa shape index (κ2) is 19.3. The smallest absolute Gasteiger partial charge is 0.0386 e. The monoisotopic (exact) mass is 446 g/mol. The number of unbranched alkanes of at least 4 members (excludes halogenated alkanes) is 14. The van der Waals surface area contributed by atoms with Crippen molar-refractivity contribution in [3.63, 3.8) is 0 Å². The number of rotatable bonds is 19. The normalized spacial score (nSPS) is 26.4. The average molecular weight is 447 g/mol. The summed E-state index contributed by atoms with van der Waals surface area (Å²) < 4.78 is 0. The van der Waals surface area contributed by atoms with Crippen LogP contribution in [0, 0.1) is 23.7 Å². The minimum absolute atomic E-state index is 1.09. The summed E-state index contributed by atoms with van der Waals surface area (Å²) in [5, 5.41) is 0. The van der Waals surface area contributed by atoms with Gasteiger partial charge in [0.25, 0.3) is 0 Å². The van der Waals surface area contributed by atoms with Crippen LogP contribution in [0.1, 0.15) is 181 Å². The summed E-state index contributed by atoms with van der Waals surface area (Å²) in [6.45, 7) is 4.64. The summed E-state index contributed by atoms with van der Waals surface area (Å²) in [7, 11) is 0. The molecule has 32 heavy (non-hydrogen) atoms. The predicted molar refractivity (Wildman–Crippen MR) is 145 cm³/mol. The van der Waals surface area contributed by atoms with Crippen LogP contribution in [0.4, 0.5) is 0 Å². The minimum atomic E-state index is 1.09. The van der Waals surface area contributed by atoms with E-state index in [1.807, 2.05) is 0 Å². The summed E-state index contributed by atoms with van der Waals surface area (Å²) in [4.78, 5) is 0. The molecule has 0 aromatic rings. The third kappa shape index (κ3) is 13.0. The summed E-state index contributed by atoms with van der Waals surface area (Å²) in [6.07, 6.45) is 39.3. The van der Waals surface area contributed by atoms with Crippen LogP contribution in [0.15, 0.2) is 0 Å². The highest BCUT2D eigenvalue weighted by Crippen LogP contribution is 2.43. The van der Waals surface area contributed by atoms with E-state index in [1.54, 1.807) is 64.2 Å². The van der Waals surface area contributed by atoms with Crippen molar-refractivity contribution in [1.82, 2.24) is 0 Å². The maximum atomic E-state index is 2.32. The predicted octanol–water partition coefficient (Wildman–Crippen LogP) is 11.7. The van der Waals surface area contributed by atoms with E-state index in [0.717, 1.165) is 23.7 Å². The fraction of sp³-hybridized carbons (Fsp3) is 1.00. The molecule has 0 nitrogen and oxygen atoms in total. The van der Waals surface area contributed by atoms with Gasteiger partial charge in [-0.2, -0.15) is 0 Å². The fourth-order valence-corrected chi connectivity index (χ4v) is 7.03. The van der Waals surface area contributed by atoms with Gasteiger partial charge in [-0.1, -0.05) is 155 Å². The van der Waals surface area contributed by atoms with Gasteiger partial charge in [-0.15, -0.1) is 0 Å². The largest absolute Gasteiger partial charge is 0.0654 e. The average Bonchev–Trinajstić information content (AvgIpc) is 2.83. The van der Waals surface area contributed by atoms with E-state index in [0.29, 0.717) is 0 Å². The van der Waals surface area contributed by atoms with Crippen LogP contribution in [0.25, 0.3) is 0 Å². The van der Waals surface area contributed by atoms with E-state index in [1.165, 1.54) is 103 Å². The first kappa shape index (κ1) is 28.2. The number of hydrogen-bond donors (Lipinski definition) is 0. The third-order valence-electron chi connectivity index (χ3n) is 9.38. The van der Waals surface area contributed by atoms with E-state index >= 15 is 0 Å². The van der Waals surface area contributed by atoms with Gasteiger partial charge in [-0.3, -0.25) is 0 Å². The second-order valence-electron chi connectivity index (χ2n) is 12.1. The molecule has 2 rings (SSSR count). The van der Waals surface area contributed by atoms with Crippen molar-refractivity contribution in [2.45, 2.75) is 181 Å². The quantitative estimate of drug-likeness (QED) is 0.173. The van der Waals surface area contributed by atoms with Gasteiger partial charge in [0, 0.05) is 0 Å². The van der Waals surface area contributed by atoms with Gasteiger partial charge < -0.3 is 0 Å². The molecule has 0 N–H and O–H groups in total. The van der Waals surface area contributed by atoms with Gasteiger partial charge in [0.2, 0.25) is 0 Å². The van der Waals surface area contributed by atoms with Crippen LogP contribution < -0.4 is 0 Å². The van der Waals surface area contributed by atoms with Crippen LogP contribution in [-0.2, 0) is 0 Å². The molecule has 0 spiro atoms. The Morgan fingerprint density at radius 2 is 0.625 bits per heavy atom. The van der Waals surface area contributed by atoms with Gasteiger partial charge in [-0.25, -0.2) is 0 Å². The van der Waals surface area contributed by atoms with Gasteiger partial charge in [0.1, 0.15) is 0 Å². The Morgan fingerprint density at radius 3 is 0.938 bits per heavy atom. The maximum absolute atomic E-state index is 2.32. The van der Waals surface area contributed by atoms with Gasteiger partial charge in [-0.05, 0) is 49.4 Å². The Balaban J connectivity index is 1.41. The zero-order valence-corrected chi connectivity index (χ0v) is 22.7.